The van der Waals surface area contributed by atoms with Crippen molar-refractivity contribution in [2.75, 3.05) is 13.1 Å². The largest absolute Gasteiger partial charge is 0.303 e. The monoisotopic (exact) mass is 321 g/mol. The van der Waals surface area contributed by atoms with Crippen LogP contribution in [0.15, 0.2) is 29.2 Å². The van der Waals surface area contributed by atoms with Gasteiger partial charge in [-0.05, 0) is 57.8 Å². The zero-order valence-electron chi connectivity index (χ0n) is 12.9. The molecule has 22 heavy (non-hydrogen) atoms. The van der Waals surface area contributed by atoms with Crippen LogP contribution in [0.3, 0.4) is 0 Å². The molecule has 2 heterocycles. The molecule has 0 saturated carbocycles. The molecule has 2 aliphatic rings. The molecule has 1 aromatic carbocycles. The van der Waals surface area contributed by atoms with Gasteiger partial charge in [0, 0.05) is 12.0 Å². The quantitative estimate of drug-likeness (QED) is 0.801. The maximum absolute atomic E-state index is 13.1. The fraction of sp³-hybridized carbons (Fsp3) is 0.588. The number of nitrogens with zero attached hydrogens (tertiary/aromatic N) is 1. The molecule has 2 aliphatic heterocycles. The predicted molar refractivity (Wildman–Crippen MR) is 85.5 cm³/mol. The van der Waals surface area contributed by atoms with Gasteiger partial charge in [0.05, 0.1) is 10.1 Å². The van der Waals surface area contributed by atoms with Crippen molar-refractivity contribution in [3.05, 3.63) is 29.8 Å². The SMILES string of the molecule is Cc1ccc(S(=O)(=O)C2CCCN3CCC[C@@H](C=O)[C@@H]23)cc1. The van der Waals surface area contributed by atoms with Crippen LogP contribution in [0, 0.1) is 12.8 Å². The normalized spacial score (nSPS) is 29.8. The van der Waals surface area contributed by atoms with E-state index in [2.05, 4.69) is 4.90 Å². The molecule has 0 aromatic heterocycles. The van der Waals surface area contributed by atoms with Crippen molar-refractivity contribution in [2.24, 2.45) is 5.92 Å². The van der Waals surface area contributed by atoms with E-state index in [-0.39, 0.29) is 12.0 Å². The number of aryl methyl sites for hydroxylation is 1. The van der Waals surface area contributed by atoms with E-state index in [4.69, 9.17) is 0 Å². The van der Waals surface area contributed by atoms with Crippen molar-refractivity contribution in [3.63, 3.8) is 0 Å². The molecule has 0 radical (unpaired) electrons. The number of carbonyl (C=O) groups excluding carboxylic acids is 1. The van der Waals surface area contributed by atoms with E-state index in [9.17, 15) is 13.2 Å². The van der Waals surface area contributed by atoms with Crippen molar-refractivity contribution in [1.82, 2.24) is 4.90 Å². The highest BCUT2D eigenvalue weighted by Crippen LogP contribution is 2.36. The summed E-state index contributed by atoms with van der Waals surface area (Å²) < 4.78 is 26.1. The highest BCUT2D eigenvalue weighted by atomic mass is 32.2. The number of fused-ring (bicyclic) bond motifs is 1. The van der Waals surface area contributed by atoms with E-state index in [1.807, 2.05) is 19.1 Å². The number of piperidine rings is 2. The van der Waals surface area contributed by atoms with Gasteiger partial charge < -0.3 is 4.79 Å². The molecule has 5 heteroatoms. The van der Waals surface area contributed by atoms with Gasteiger partial charge in [-0.3, -0.25) is 4.90 Å². The Kier molecular flexibility index (Phi) is 4.37. The van der Waals surface area contributed by atoms with Gasteiger partial charge in [-0.25, -0.2) is 8.42 Å². The standard InChI is InChI=1S/C17H23NO3S/c1-13-6-8-15(9-7-13)22(20,21)16-5-3-11-18-10-2-4-14(12-19)17(16)18/h6-9,12,14,16-17H,2-5,10-11H2,1H3/t14-,16?,17-/m0/s1. The first-order valence-corrected chi connectivity index (χ1v) is 9.58. The van der Waals surface area contributed by atoms with Crippen LogP contribution >= 0.6 is 0 Å². The lowest BCUT2D eigenvalue weighted by Gasteiger charge is -2.46. The maximum Gasteiger partial charge on any atom is 0.182 e. The lowest BCUT2D eigenvalue weighted by atomic mass is 9.84. The highest BCUT2D eigenvalue weighted by Gasteiger charge is 2.45. The molecular formula is C17H23NO3S. The Morgan fingerprint density at radius 2 is 1.73 bits per heavy atom. The van der Waals surface area contributed by atoms with Gasteiger partial charge in [-0.15, -0.1) is 0 Å². The highest BCUT2D eigenvalue weighted by molar-refractivity contribution is 7.92. The zero-order chi connectivity index (χ0) is 15.7. The number of carbonyl (C=O) groups is 1. The number of aldehydes is 1. The third-order valence-corrected chi connectivity index (χ3v) is 7.32. The van der Waals surface area contributed by atoms with E-state index >= 15 is 0 Å². The fourth-order valence-corrected chi connectivity index (χ4v) is 6.03. The summed E-state index contributed by atoms with van der Waals surface area (Å²) in [5.74, 6) is -0.153. The van der Waals surface area contributed by atoms with Gasteiger partial charge in [0.25, 0.3) is 0 Å². The smallest absolute Gasteiger partial charge is 0.182 e. The number of benzene rings is 1. The molecule has 3 rings (SSSR count). The van der Waals surface area contributed by atoms with Crippen LogP contribution in [0.5, 0.6) is 0 Å². The number of hydrogen-bond acceptors (Lipinski definition) is 4. The van der Waals surface area contributed by atoms with E-state index in [0.717, 1.165) is 44.2 Å². The lowest BCUT2D eigenvalue weighted by Crippen LogP contribution is -2.57. The van der Waals surface area contributed by atoms with Gasteiger partial charge >= 0.3 is 0 Å². The molecule has 0 spiro atoms. The minimum Gasteiger partial charge on any atom is -0.303 e. The molecule has 0 aliphatic carbocycles. The van der Waals surface area contributed by atoms with Crippen LogP contribution < -0.4 is 0 Å². The molecule has 120 valence electrons. The minimum atomic E-state index is -3.39. The van der Waals surface area contributed by atoms with Crippen LogP contribution in [0.4, 0.5) is 0 Å². The van der Waals surface area contributed by atoms with E-state index in [1.54, 1.807) is 12.1 Å². The van der Waals surface area contributed by atoms with Gasteiger partial charge in [-0.2, -0.15) is 0 Å². The van der Waals surface area contributed by atoms with Crippen molar-refractivity contribution in [3.8, 4) is 0 Å². The first-order chi connectivity index (χ1) is 10.5. The average Bonchev–Trinajstić information content (AvgIpc) is 2.54. The summed E-state index contributed by atoms with van der Waals surface area (Å²) in [5, 5.41) is -0.459. The molecule has 1 aromatic rings. The lowest BCUT2D eigenvalue weighted by molar-refractivity contribution is -0.115. The Hall–Kier alpha value is -1.20. The molecule has 3 atom stereocenters. The van der Waals surface area contributed by atoms with Gasteiger partial charge in [0.2, 0.25) is 0 Å². The summed E-state index contributed by atoms with van der Waals surface area (Å²) in [4.78, 5) is 14.1. The molecule has 2 fully saturated rings. The predicted octanol–water partition coefficient (Wildman–Crippen LogP) is 2.21. The summed E-state index contributed by atoms with van der Waals surface area (Å²) in [6.07, 6.45) is 4.31. The van der Waals surface area contributed by atoms with Crippen molar-refractivity contribution < 1.29 is 13.2 Å². The Bertz CT molecular complexity index is 636. The Labute approximate surface area is 132 Å². The minimum absolute atomic E-state index is 0.147. The average molecular weight is 321 g/mol. The van der Waals surface area contributed by atoms with Gasteiger partial charge in [0.15, 0.2) is 9.84 Å². The van der Waals surface area contributed by atoms with E-state index < -0.39 is 15.1 Å². The summed E-state index contributed by atoms with van der Waals surface area (Å²) >= 11 is 0. The van der Waals surface area contributed by atoms with Crippen LogP contribution in [-0.4, -0.2) is 44.0 Å². The first kappa shape index (κ1) is 15.7. The van der Waals surface area contributed by atoms with Crippen molar-refractivity contribution >= 4 is 16.1 Å². The number of hydrogen-bond donors (Lipinski definition) is 0. The molecule has 0 N–H and O–H groups in total. The number of sulfone groups is 1. The zero-order valence-corrected chi connectivity index (χ0v) is 13.8. The first-order valence-electron chi connectivity index (χ1n) is 8.04. The molecular weight excluding hydrogens is 298 g/mol. The third-order valence-electron chi connectivity index (χ3n) is 5.08. The van der Waals surface area contributed by atoms with Crippen LogP contribution in [0.1, 0.15) is 31.2 Å². The Balaban J connectivity index is 1.97. The summed E-state index contributed by atoms with van der Waals surface area (Å²) in [5.41, 5.74) is 1.05. The second-order valence-electron chi connectivity index (χ2n) is 6.51. The molecule has 0 amide bonds. The van der Waals surface area contributed by atoms with Gasteiger partial charge in [-0.1, -0.05) is 17.7 Å². The molecule has 1 unspecified atom stereocenters. The maximum atomic E-state index is 13.1. The topological polar surface area (TPSA) is 54.5 Å². The fourth-order valence-electron chi connectivity index (χ4n) is 3.95. The molecule has 2 saturated heterocycles. The van der Waals surface area contributed by atoms with Crippen LogP contribution in [0.25, 0.3) is 0 Å². The van der Waals surface area contributed by atoms with E-state index in [1.165, 1.54) is 0 Å². The number of rotatable bonds is 3. The van der Waals surface area contributed by atoms with Gasteiger partial charge in [0.1, 0.15) is 6.29 Å². The molecule has 4 nitrogen and oxygen atoms in total. The summed E-state index contributed by atoms with van der Waals surface area (Å²) in [7, 11) is -3.39. The Morgan fingerprint density at radius 1 is 1.09 bits per heavy atom. The third kappa shape index (κ3) is 2.72. The van der Waals surface area contributed by atoms with Crippen LogP contribution in [-0.2, 0) is 14.6 Å². The summed E-state index contributed by atoms with van der Waals surface area (Å²) in [6, 6.07) is 6.92. The van der Waals surface area contributed by atoms with Crippen molar-refractivity contribution in [2.45, 2.75) is 48.8 Å². The summed E-state index contributed by atoms with van der Waals surface area (Å²) in [6.45, 7) is 3.77. The second-order valence-corrected chi connectivity index (χ2v) is 8.67. The van der Waals surface area contributed by atoms with Crippen molar-refractivity contribution in [1.29, 1.82) is 0 Å². The molecule has 0 bridgehead atoms. The Morgan fingerprint density at radius 3 is 2.36 bits per heavy atom. The van der Waals surface area contributed by atoms with Crippen LogP contribution in [0.2, 0.25) is 0 Å². The second kappa shape index (κ2) is 6.13. The van der Waals surface area contributed by atoms with E-state index in [0.29, 0.717) is 11.3 Å².